The Morgan fingerprint density at radius 3 is 1.93 bits per heavy atom. The second-order valence-electron chi connectivity index (χ2n) is 12.3. The highest BCUT2D eigenvalue weighted by atomic mass is 16.6. The monoisotopic (exact) mass is 567 g/mol. The molecule has 0 aliphatic rings. The quantitative estimate of drug-likeness (QED) is 0.396. The number of ether oxygens (including phenoxy) is 2. The Balaban J connectivity index is 2.45. The number of carbonyl (C=O) groups is 4. The summed E-state index contributed by atoms with van der Waals surface area (Å²) in [7, 11) is 0. The molecule has 9 nitrogen and oxygen atoms in total. The summed E-state index contributed by atoms with van der Waals surface area (Å²) in [5.41, 5.74) is 0.744. The van der Waals surface area contributed by atoms with Crippen LogP contribution >= 0.6 is 0 Å². The number of benzene rings is 2. The van der Waals surface area contributed by atoms with Crippen molar-refractivity contribution in [3.63, 3.8) is 0 Å². The summed E-state index contributed by atoms with van der Waals surface area (Å²) in [6, 6.07) is 14.1. The van der Waals surface area contributed by atoms with Crippen molar-refractivity contribution in [3.05, 3.63) is 71.3 Å². The van der Waals surface area contributed by atoms with Crippen LogP contribution in [0.5, 0.6) is 0 Å². The number of nitrogens with one attached hydrogen (secondary N) is 2. The molecule has 0 fully saturated rings. The normalized spacial score (nSPS) is 13.1. The van der Waals surface area contributed by atoms with E-state index in [-0.39, 0.29) is 13.0 Å². The Kier molecular flexibility index (Phi) is 11.5. The van der Waals surface area contributed by atoms with Gasteiger partial charge in [-0.15, -0.1) is 0 Å². The average Bonchev–Trinajstić information content (AvgIpc) is 2.84. The van der Waals surface area contributed by atoms with Crippen molar-refractivity contribution in [2.75, 3.05) is 6.54 Å². The number of esters is 1. The maximum absolute atomic E-state index is 14.1. The third-order valence-corrected chi connectivity index (χ3v) is 5.93. The van der Waals surface area contributed by atoms with E-state index in [9.17, 15) is 19.2 Å². The molecule has 2 aromatic rings. The highest BCUT2D eigenvalue weighted by molar-refractivity contribution is 5.93. The fourth-order valence-corrected chi connectivity index (χ4v) is 4.26. The van der Waals surface area contributed by atoms with Crippen molar-refractivity contribution in [2.24, 2.45) is 0 Å². The number of amides is 3. The zero-order valence-corrected chi connectivity index (χ0v) is 25.7. The van der Waals surface area contributed by atoms with Crippen molar-refractivity contribution in [3.8, 4) is 0 Å². The van der Waals surface area contributed by atoms with Crippen molar-refractivity contribution >= 4 is 23.9 Å². The van der Waals surface area contributed by atoms with Crippen LogP contribution in [-0.4, -0.2) is 58.6 Å². The van der Waals surface area contributed by atoms with Crippen LogP contribution in [0, 0.1) is 6.92 Å². The zero-order valence-electron chi connectivity index (χ0n) is 25.7. The first kappa shape index (κ1) is 33.3. The molecule has 2 rings (SSSR count). The number of alkyl carbamates (subject to hydrolysis) is 1. The Labute approximate surface area is 244 Å². The first-order chi connectivity index (χ1) is 19.0. The van der Waals surface area contributed by atoms with Crippen molar-refractivity contribution < 1.29 is 28.7 Å². The van der Waals surface area contributed by atoms with Gasteiger partial charge in [0.1, 0.15) is 29.8 Å². The van der Waals surface area contributed by atoms with Gasteiger partial charge in [0.05, 0.1) is 0 Å². The number of rotatable bonds is 10. The lowest BCUT2D eigenvalue weighted by Gasteiger charge is -2.36. The number of hydrogen-bond donors (Lipinski definition) is 2. The van der Waals surface area contributed by atoms with Crippen LogP contribution in [0.1, 0.15) is 78.1 Å². The second-order valence-corrected chi connectivity index (χ2v) is 12.3. The molecule has 2 unspecified atom stereocenters. The summed E-state index contributed by atoms with van der Waals surface area (Å²) in [5, 5.41) is 5.37. The van der Waals surface area contributed by atoms with Crippen molar-refractivity contribution in [1.29, 1.82) is 0 Å². The highest BCUT2D eigenvalue weighted by Crippen LogP contribution is 2.27. The Bertz CT molecular complexity index is 1200. The van der Waals surface area contributed by atoms with Gasteiger partial charge in [-0.3, -0.25) is 9.59 Å². The molecular weight excluding hydrogens is 522 g/mol. The Morgan fingerprint density at radius 2 is 1.39 bits per heavy atom. The molecule has 0 heterocycles. The minimum absolute atomic E-state index is 0.206. The Morgan fingerprint density at radius 1 is 0.829 bits per heavy atom. The summed E-state index contributed by atoms with van der Waals surface area (Å²) in [6.45, 7) is 15.5. The van der Waals surface area contributed by atoms with Gasteiger partial charge in [0, 0.05) is 12.5 Å². The molecule has 2 N–H and O–H groups in total. The minimum atomic E-state index is -1.08. The molecule has 2 aromatic carbocycles. The van der Waals surface area contributed by atoms with E-state index in [1.54, 1.807) is 67.5 Å². The number of nitrogens with zero attached hydrogens (tertiary/aromatic N) is 1. The summed E-state index contributed by atoms with van der Waals surface area (Å²) in [6.07, 6.45) is -0.531. The van der Waals surface area contributed by atoms with E-state index in [1.165, 1.54) is 4.90 Å². The van der Waals surface area contributed by atoms with Gasteiger partial charge in [-0.05, 0) is 79.0 Å². The third kappa shape index (κ3) is 10.9. The third-order valence-electron chi connectivity index (χ3n) is 5.93. The molecule has 3 amide bonds. The molecule has 0 aliphatic carbocycles. The van der Waals surface area contributed by atoms with E-state index in [2.05, 4.69) is 10.6 Å². The highest BCUT2D eigenvalue weighted by Gasteiger charge is 2.37. The van der Waals surface area contributed by atoms with Crippen LogP contribution in [0.2, 0.25) is 0 Å². The van der Waals surface area contributed by atoms with Gasteiger partial charge in [0.15, 0.2) is 0 Å². The molecule has 9 heteroatoms. The topological polar surface area (TPSA) is 114 Å². The molecule has 0 aliphatic heterocycles. The van der Waals surface area contributed by atoms with Crippen LogP contribution in [0.25, 0.3) is 0 Å². The van der Waals surface area contributed by atoms with Gasteiger partial charge in [-0.25, -0.2) is 9.59 Å². The lowest BCUT2D eigenvalue weighted by molar-refractivity contribution is -0.159. The van der Waals surface area contributed by atoms with E-state index in [0.29, 0.717) is 5.56 Å². The fourth-order valence-electron chi connectivity index (χ4n) is 4.26. The SMILES string of the molecule is Cc1ccccc1C(C(=O)NC(Cc1ccccc1)C(=O)OC(C)(C)C)N(C(=O)CNC(=O)OC(C)(C)C)C(C)C. The Hall–Kier alpha value is -3.88. The molecule has 41 heavy (non-hydrogen) atoms. The molecular formula is C32H45N3O6. The van der Waals surface area contributed by atoms with Crippen molar-refractivity contribution in [1.82, 2.24) is 15.5 Å². The van der Waals surface area contributed by atoms with Gasteiger partial charge in [-0.1, -0.05) is 54.6 Å². The lowest BCUT2D eigenvalue weighted by atomic mass is 9.96. The fraction of sp³-hybridized carbons (Fsp3) is 0.500. The molecule has 0 radical (unpaired) electrons. The zero-order chi connectivity index (χ0) is 31.0. The summed E-state index contributed by atoms with van der Waals surface area (Å²) < 4.78 is 10.9. The molecule has 0 bridgehead atoms. The number of aryl methyl sites for hydroxylation is 1. The van der Waals surface area contributed by atoms with Gasteiger partial charge >= 0.3 is 12.1 Å². The smallest absolute Gasteiger partial charge is 0.408 e. The molecule has 0 saturated heterocycles. The lowest BCUT2D eigenvalue weighted by Crippen LogP contribution is -2.54. The summed E-state index contributed by atoms with van der Waals surface area (Å²) in [4.78, 5) is 54.6. The largest absolute Gasteiger partial charge is 0.458 e. The molecule has 2 atom stereocenters. The maximum Gasteiger partial charge on any atom is 0.408 e. The van der Waals surface area contributed by atoms with Crippen LogP contribution in [0.15, 0.2) is 54.6 Å². The van der Waals surface area contributed by atoms with Gasteiger partial charge in [0.25, 0.3) is 0 Å². The van der Waals surface area contributed by atoms with E-state index in [1.807, 2.05) is 49.4 Å². The van der Waals surface area contributed by atoms with E-state index in [0.717, 1.165) is 11.1 Å². The van der Waals surface area contributed by atoms with Crippen LogP contribution in [-0.2, 0) is 30.3 Å². The van der Waals surface area contributed by atoms with Crippen LogP contribution in [0.4, 0.5) is 4.79 Å². The first-order valence-electron chi connectivity index (χ1n) is 13.9. The summed E-state index contributed by atoms with van der Waals surface area (Å²) in [5.74, 6) is -1.59. The minimum Gasteiger partial charge on any atom is -0.458 e. The average molecular weight is 568 g/mol. The molecule has 0 aromatic heterocycles. The molecule has 0 spiro atoms. The maximum atomic E-state index is 14.1. The standard InChI is InChI=1S/C32H45N3O6/c1-21(2)35(26(36)20-33-30(39)41-32(7,8)9)27(24-18-14-13-15-22(24)3)28(37)34-25(29(38)40-31(4,5)6)19-23-16-11-10-12-17-23/h10-18,21,25,27H,19-20H2,1-9H3,(H,33,39)(H,34,37). The van der Waals surface area contributed by atoms with Gasteiger partial charge in [-0.2, -0.15) is 0 Å². The van der Waals surface area contributed by atoms with Crippen LogP contribution < -0.4 is 10.6 Å². The molecule has 0 saturated carbocycles. The van der Waals surface area contributed by atoms with Crippen molar-refractivity contribution in [2.45, 2.75) is 98.1 Å². The van der Waals surface area contributed by atoms with E-state index >= 15 is 0 Å². The summed E-state index contributed by atoms with van der Waals surface area (Å²) >= 11 is 0. The predicted molar refractivity (Wildman–Crippen MR) is 158 cm³/mol. The van der Waals surface area contributed by atoms with Crippen LogP contribution in [0.3, 0.4) is 0 Å². The second kappa shape index (κ2) is 14.1. The first-order valence-corrected chi connectivity index (χ1v) is 13.9. The predicted octanol–water partition coefficient (Wildman–Crippen LogP) is 4.87. The number of hydrogen-bond acceptors (Lipinski definition) is 6. The number of carbonyl (C=O) groups excluding carboxylic acids is 4. The van der Waals surface area contributed by atoms with E-state index < -0.39 is 53.2 Å². The molecule has 224 valence electrons. The van der Waals surface area contributed by atoms with Gasteiger partial charge < -0.3 is 25.0 Å². The van der Waals surface area contributed by atoms with E-state index in [4.69, 9.17) is 9.47 Å². The van der Waals surface area contributed by atoms with Gasteiger partial charge in [0.2, 0.25) is 11.8 Å².